The van der Waals surface area contributed by atoms with Gasteiger partial charge >= 0.3 is 5.97 Å². The Morgan fingerprint density at radius 3 is 1.36 bits per heavy atom. The van der Waals surface area contributed by atoms with Gasteiger partial charge in [0.25, 0.3) is 51.5 Å². The molecule has 0 aromatic heterocycles. The number of carbonyl (C=O) groups is 3. The Morgan fingerprint density at radius 2 is 0.922 bits per heavy atom. The van der Waals surface area contributed by atoms with E-state index in [1.54, 1.807) is 17.0 Å². The topological polar surface area (TPSA) is 619 Å². The average Bonchev–Trinajstić information content (AvgIpc) is 1.67. The summed E-state index contributed by atoms with van der Waals surface area (Å²) < 4.78 is 20.9. The van der Waals surface area contributed by atoms with Gasteiger partial charge in [-0.3, -0.25) is 39.1 Å². The largest absolute Gasteiger partial charge is 0.465 e. The Labute approximate surface area is 751 Å². The van der Waals surface area contributed by atoms with E-state index in [1.807, 2.05) is 53.4 Å². The molecule has 1 saturated carbocycles. The summed E-state index contributed by atoms with van der Waals surface area (Å²) in [6.07, 6.45) is 11.7. The molecular weight excluding hydrogens is 1720 g/mol. The molecule has 1 aromatic carbocycles. The molecule has 1 amide bonds. The molecule has 0 radical (unpaired) electrons. The molecule has 0 N–H and O–H groups in total. The second-order valence-corrected chi connectivity index (χ2v) is 36.3. The van der Waals surface area contributed by atoms with Crippen molar-refractivity contribution < 1.29 is 128 Å². The van der Waals surface area contributed by atoms with Crippen molar-refractivity contribution in [3.8, 4) is 0 Å². The molecule has 5 aliphatic rings. The minimum absolute atomic E-state index is 0.0185. The lowest BCUT2D eigenvalue weighted by Gasteiger charge is -2.34. The number of nitro groups is 1. The Hall–Kier alpha value is -10.4. The third kappa shape index (κ3) is 64.1. The van der Waals surface area contributed by atoms with Crippen molar-refractivity contribution in [2.24, 2.45) is 57.2 Å². The highest BCUT2D eigenvalue weighted by molar-refractivity contribution is 5.79. The number of esters is 1. The number of non-ortho nitro benzene ring substituents is 1. The number of rotatable bonds is 55. The fourth-order valence-electron chi connectivity index (χ4n) is 12.8. The number of benzene rings is 1. The van der Waals surface area contributed by atoms with E-state index in [1.165, 1.54) is 44.4 Å². The molecule has 4 saturated heterocycles. The van der Waals surface area contributed by atoms with Crippen molar-refractivity contribution >= 4 is 29.0 Å². The second kappa shape index (κ2) is 64.4. The van der Waals surface area contributed by atoms with Crippen LogP contribution in [0.1, 0.15) is 207 Å². The van der Waals surface area contributed by atoms with Crippen LogP contribution in [0.4, 0.5) is 11.4 Å². The standard InChI is InChI=1S/C15H23N3O5.C12H23N3O4.C12H25N3O3.C11H19NO5.C10H17NO5.C9H17N3O9.C9H17NO5/c1-15(2,3)9-4-10-16(11-12-23-18(21)22)13-5-7-14(8-6-13)17(19)20;1-11(2)4-3-5-13-6-8-14(9-7-13)12(16)10-19-15(17)18;1-12(2)4-3-5-13-6-8-14(9-7-13)10-11-18-15(16)17;1-9(2)3-4-10(13)16-7-11(5-6-11)8-17-12(14)15;1-6(2)3-7-4-14-10-8(16-11(12)13)5-15-9(7)10;1-8(2)3-4-9(5-19-10(13)14,6-20-11(15)16)7-21-12(17)18;1-9(2,3)5-4-8(11)6-14-7-15-10(12)13/h5-8H,4,9-12H2,1-3H3;11H,3-10H2,1-2H3;12H,3-11H2,1-2H3;9H,3-8H2,1-2H3;6-10H,3-5H2,1-2H3;8H,3-7H2,1-2H3;4-7H2,1-3H3/t;;;;7?,8-,9?,10?;;/m....1../s1. The number of anilines is 1. The van der Waals surface area contributed by atoms with Gasteiger partial charge in [0.2, 0.25) is 5.91 Å². The summed E-state index contributed by atoms with van der Waals surface area (Å²) in [5.74, 6) is 2.45. The van der Waals surface area contributed by atoms with Gasteiger partial charge in [0.05, 0.1) is 30.8 Å². The van der Waals surface area contributed by atoms with E-state index in [9.17, 15) is 116 Å². The van der Waals surface area contributed by atoms with E-state index in [0.29, 0.717) is 76.3 Å². The lowest BCUT2D eigenvalue weighted by Crippen LogP contribution is -2.49. The van der Waals surface area contributed by atoms with Crippen LogP contribution in [0.25, 0.3) is 0 Å². The molecule has 1 aromatic rings. The molecule has 0 spiro atoms. The molecule has 4 atom stereocenters. The van der Waals surface area contributed by atoms with Crippen molar-refractivity contribution in [1.82, 2.24) is 19.6 Å². The van der Waals surface area contributed by atoms with Crippen molar-refractivity contribution in [3.63, 3.8) is 0 Å². The van der Waals surface area contributed by atoms with Crippen LogP contribution < -0.4 is 4.90 Å². The van der Waals surface area contributed by atoms with Gasteiger partial charge in [0, 0.05) is 119 Å². The molecule has 4 aliphatic heterocycles. The maximum absolute atomic E-state index is 11.6. The molecule has 0 bridgehead atoms. The Balaban J connectivity index is 0.00000149. The third-order valence-electron chi connectivity index (χ3n) is 20.3. The van der Waals surface area contributed by atoms with Crippen LogP contribution in [-0.4, -0.2) is 271 Å². The lowest BCUT2D eigenvalue weighted by molar-refractivity contribution is -0.782. The number of Topliss-reactive ketones (excluding diaryl/α,β-unsaturated/α-hetero) is 1. The van der Waals surface area contributed by atoms with E-state index in [-0.39, 0.29) is 104 Å². The third-order valence-corrected chi connectivity index (χ3v) is 20.3. The summed E-state index contributed by atoms with van der Waals surface area (Å²) in [6.45, 7) is 43.0. The van der Waals surface area contributed by atoms with E-state index in [0.717, 1.165) is 108 Å². The zero-order valence-corrected chi connectivity index (χ0v) is 77.7. The number of piperazine rings is 2. The zero-order valence-electron chi connectivity index (χ0n) is 77.7. The van der Waals surface area contributed by atoms with Crippen LogP contribution in [0.5, 0.6) is 0 Å². The number of hydrogen-bond donors (Lipinski definition) is 0. The Bertz CT molecular complexity index is 3390. The van der Waals surface area contributed by atoms with Gasteiger partial charge in [0.15, 0.2) is 25.3 Å². The highest BCUT2D eigenvalue weighted by Crippen LogP contribution is 2.46. The highest BCUT2D eigenvalue weighted by atomic mass is 17.0. The van der Waals surface area contributed by atoms with Crippen LogP contribution in [0.3, 0.4) is 0 Å². The quantitative estimate of drug-likeness (QED) is 0.0192. The normalized spacial score (nSPS) is 16.9. The van der Waals surface area contributed by atoms with Crippen LogP contribution >= 0.6 is 0 Å². The molecule has 6 rings (SSSR count). The number of carbonyl (C=O) groups excluding carboxylic acids is 3. The maximum atomic E-state index is 11.6. The lowest BCUT2D eigenvalue weighted by atomic mass is 9.83. The van der Waals surface area contributed by atoms with E-state index in [2.05, 4.69) is 125 Å². The first-order valence-corrected chi connectivity index (χ1v) is 43.2. The fourth-order valence-corrected chi connectivity index (χ4v) is 12.8. The highest BCUT2D eigenvalue weighted by Gasteiger charge is 2.49. The summed E-state index contributed by atoms with van der Waals surface area (Å²) in [6, 6.07) is 6.17. The monoisotopic (exact) mass is 1860 g/mol. The number of ketones is 1. The smallest absolute Gasteiger partial charge is 0.305 e. The number of ether oxygens (including phenoxy) is 4. The second-order valence-electron chi connectivity index (χ2n) is 36.3. The van der Waals surface area contributed by atoms with Crippen molar-refractivity contribution in [2.75, 3.05) is 169 Å². The SMILES string of the molecule is CC(C)(C)CCC(=O)COCO[N+](=O)[O-].CC(C)(C)CCCN(CCO[N+](=O)[O-])c1ccc([N+](=O)[O-])cc1.CC(C)CC1COC2C1OC[C@H]2O[N+](=O)[O-].CC(C)CCC(=O)OCC1(CO[N+](=O)[O-])CC1.CC(C)CCC(CO[N+](=O)[O-])(CO[N+](=O)[O-])CO[N+](=O)[O-].CC(C)CCCN1CCN(C(=O)CO[N+](=O)[O-])CC1.CC(C)CCCN1CCN(CCO[N+](=O)[O-])CC1. The number of nitro benzene ring substituents is 1. The van der Waals surface area contributed by atoms with Crippen LogP contribution in [0, 0.1) is 158 Å². The van der Waals surface area contributed by atoms with Crippen LogP contribution in [-0.2, 0) is 76.9 Å². The van der Waals surface area contributed by atoms with Crippen LogP contribution in [0.2, 0.25) is 0 Å². The average molecular weight is 1870 g/mol. The minimum Gasteiger partial charge on any atom is -0.465 e. The zero-order chi connectivity index (χ0) is 98.0. The summed E-state index contributed by atoms with van der Waals surface area (Å²) in [7, 11) is 0. The van der Waals surface area contributed by atoms with Gasteiger partial charge in [-0.15, -0.1) is 91.0 Å². The molecule has 4 heterocycles. The summed E-state index contributed by atoms with van der Waals surface area (Å²) in [5, 5.41) is 93.7. The maximum Gasteiger partial charge on any atom is 0.305 e. The van der Waals surface area contributed by atoms with Gasteiger partial charge in [-0.25, -0.2) is 0 Å². The van der Waals surface area contributed by atoms with Gasteiger partial charge in [0.1, 0.15) is 52.4 Å². The first-order valence-electron chi connectivity index (χ1n) is 43.2. The van der Waals surface area contributed by atoms with E-state index in [4.69, 9.17) is 14.2 Å². The van der Waals surface area contributed by atoms with Gasteiger partial charge in [-0.2, -0.15) is 0 Å². The number of hydrogen-bond acceptors (Lipinski definition) is 40. The van der Waals surface area contributed by atoms with E-state index < -0.39 is 95.4 Å². The van der Waals surface area contributed by atoms with Crippen molar-refractivity contribution in [3.05, 3.63) is 125 Å². The Morgan fingerprint density at radius 1 is 0.465 bits per heavy atom. The fraction of sp³-hybridized carbons (Fsp3) is 0.885. The number of nitrogens with zero attached hydrogens (tertiary/aromatic N) is 15. The minimum atomic E-state index is -1.36. The number of amides is 1. The molecule has 3 unspecified atom stereocenters. The van der Waals surface area contributed by atoms with Crippen molar-refractivity contribution in [1.29, 1.82) is 0 Å². The predicted molar refractivity (Wildman–Crippen MR) is 459 cm³/mol. The summed E-state index contributed by atoms with van der Waals surface area (Å²) in [4.78, 5) is 184. The first-order chi connectivity index (χ1) is 60.2. The molecule has 51 heteroatoms. The molecular formula is C78H141N15O36. The summed E-state index contributed by atoms with van der Waals surface area (Å²) in [5.41, 5.74) is -0.551. The van der Waals surface area contributed by atoms with Gasteiger partial charge in [-0.05, 0) is 143 Å². The summed E-state index contributed by atoms with van der Waals surface area (Å²) >= 11 is 0. The predicted octanol–water partition coefficient (Wildman–Crippen LogP) is 11.0. The molecule has 1 aliphatic carbocycles. The van der Waals surface area contributed by atoms with Gasteiger partial charge < -0.3 is 72.3 Å². The molecule has 5 fully saturated rings. The Kier molecular flexibility index (Phi) is 59.2. The molecule has 744 valence electrons. The first kappa shape index (κ1) is 119. The van der Waals surface area contributed by atoms with Crippen molar-refractivity contribution in [2.45, 2.75) is 225 Å². The van der Waals surface area contributed by atoms with Crippen LogP contribution in [0.15, 0.2) is 24.3 Å². The molecule has 51 nitrogen and oxygen atoms in total. The number of fused-ring (bicyclic) bond motifs is 1. The molecule has 129 heavy (non-hydrogen) atoms. The van der Waals surface area contributed by atoms with Gasteiger partial charge in [-0.1, -0.05) is 117 Å². The van der Waals surface area contributed by atoms with E-state index >= 15 is 0 Å².